The van der Waals surface area contributed by atoms with Gasteiger partial charge in [-0.15, -0.1) is 0 Å². The molecule has 0 atom stereocenters. The average Bonchev–Trinajstić information content (AvgIpc) is 2.65. The van der Waals surface area contributed by atoms with Gasteiger partial charge in [-0.1, -0.05) is 11.3 Å². The first kappa shape index (κ1) is 9.60. The summed E-state index contributed by atoms with van der Waals surface area (Å²) in [6, 6.07) is 3.26. The maximum Gasteiger partial charge on any atom is 0.257 e. The first-order chi connectivity index (χ1) is 7.25. The summed E-state index contributed by atoms with van der Waals surface area (Å²) in [6.07, 6.45) is 4.63. The fraction of sp³-hybridized carbons (Fsp3) is 0. The average molecular weight is 220 g/mol. The van der Waals surface area contributed by atoms with Crippen molar-refractivity contribution in [2.24, 2.45) is 0 Å². The quantitative estimate of drug-likeness (QED) is 0.801. The highest BCUT2D eigenvalue weighted by Gasteiger charge is 2.07. The van der Waals surface area contributed by atoms with Crippen LogP contribution < -0.4 is 11.1 Å². The van der Waals surface area contributed by atoms with E-state index in [0.717, 1.165) is 0 Å². The van der Waals surface area contributed by atoms with E-state index in [1.165, 1.54) is 17.5 Å². The zero-order valence-corrected chi connectivity index (χ0v) is 8.49. The van der Waals surface area contributed by atoms with Crippen LogP contribution in [0.3, 0.4) is 0 Å². The molecule has 0 fully saturated rings. The Morgan fingerprint density at radius 3 is 2.73 bits per heavy atom. The largest absolute Gasteiger partial charge is 0.389 e. The molecule has 0 radical (unpaired) electrons. The highest BCUT2D eigenvalue weighted by Crippen LogP contribution is 2.19. The Morgan fingerprint density at radius 1 is 1.40 bits per heavy atom. The maximum atomic E-state index is 11.6. The highest BCUT2D eigenvalue weighted by molar-refractivity contribution is 7.19. The summed E-state index contributed by atoms with van der Waals surface area (Å²) in [5.41, 5.74) is 6.03. The smallest absolute Gasteiger partial charge is 0.257 e. The lowest BCUT2D eigenvalue weighted by Gasteiger charge is -1.99. The van der Waals surface area contributed by atoms with Crippen molar-refractivity contribution in [2.45, 2.75) is 0 Å². The SMILES string of the molecule is Nc1cnc(NC(=O)c2ccncc2)s1. The van der Waals surface area contributed by atoms with Crippen LogP contribution in [0.25, 0.3) is 0 Å². The van der Waals surface area contributed by atoms with E-state index in [2.05, 4.69) is 15.3 Å². The Labute approximate surface area is 90.0 Å². The fourth-order valence-electron chi connectivity index (χ4n) is 1.02. The predicted octanol–water partition coefficient (Wildman–Crippen LogP) is 1.37. The lowest BCUT2D eigenvalue weighted by molar-refractivity contribution is 0.102. The Kier molecular flexibility index (Phi) is 2.59. The molecule has 0 aromatic carbocycles. The standard InChI is InChI=1S/C9H8N4OS/c10-7-5-12-9(15-7)13-8(14)6-1-3-11-4-2-6/h1-5H,10H2,(H,12,13,14). The molecule has 2 aromatic heterocycles. The van der Waals surface area contributed by atoms with Gasteiger partial charge in [-0.25, -0.2) is 4.98 Å². The van der Waals surface area contributed by atoms with Gasteiger partial charge in [0.1, 0.15) is 5.00 Å². The minimum atomic E-state index is -0.216. The van der Waals surface area contributed by atoms with E-state index < -0.39 is 0 Å². The molecule has 2 rings (SSSR count). The fourth-order valence-corrected chi connectivity index (χ4v) is 1.59. The van der Waals surface area contributed by atoms with Gasteiger partial charge < -0.3 is 5.73 Å². The number of thiazole rings is 1. The van der Waals surface area contributed by atoms with Crippen LogP contribution in [-0.2, 0) is 0 Å². The van der Waals surface area contributed by atoms with E-state index in [4.69, 9.17) is 5.73 Å². The Hall–Kier alpha value is -1.95. The maximum absolute atomic E-state index is 11.6. The molecule has 1 amide bonds. The molecule has 5 nitrogen and oxygen atoms in total. The number of carbonyl (C=O) groups is 1. The molecule has 6 heteroatoms. The Balaban J connectivity index is 2.11. The summed E-state index contributed by atoms with van der Waals surface area (Å²) >= 11 is 1.23. The van der Waals surface area contributed by atoms with Gasteiger partial charge in [-0.2, -0.15) is 0 Å². The van der Waals surface area contributed by atoms with Crippen molar-refractivity contribution < 1.29 is 4.79 Å². The third kappa shape index (κ3) is 2.29. The van der Waals surface area contributed by atoms with Crippen LogP contribution in [-0.4, -0.2) is 15.9 Å². The normalized spacial score (nSPS) is 9.87. The third-order valence-corrected chi connectivity index (χ3v) is 2.43. The van der Waals surface area contributed by atoms with Crippen molar-refractivity contribution in [3.8, 4) is 0 Å². The summed E-state index contributed by atoms with van der Waals surface area (Å²) in [4.78, 5) is 19.4. The van der Waals surface area contributed by atoms with Gasteiger partial charge in [0.2, 0.25) is 0 Å². The van der Waals surface area contributed by atoms with Crippen molar-refractivity contribution in [1.29, 1.82) is 0 Å². The second-order valence-corrected chi connectivity index (χ2v) is 3.82. The van der Waals surface area contributed by atoms with Gasteiger partial charge in [0, 0.05) is 18.0 Å². The number of nitrogens with one attached hydrogen (secondary N) is 1. The number of carbonyl (C=O) groups excluding carboxylic acids is 1. The van der Waals surface area contributed by atoms with Crippen LogP contribution in [0.15, 0.2) is 30.7 Å². The number of amides is 1. The predicted molar refractivity (Wildman–Crippen MR) is 58.7 cm³/mol. The molecule has 0 spiro atoms. The molecule has 3 N–H and O–H groups in total. The van der Waals surface area contributed by atoms with Gasteiger partial charge in [-0.05, 0) is 12.1 Å². The molecule has 0 saturated heterocycles. The molecular weight excluding hydrogens is 212 g/mol. The Morgan fingerprint density at radius 2 is 2.13 bits per heavy atom. The third-order valence-electron chi connectivity index (χ3n) is 1.69. The van der Waals surface area contributed by atoms with Gasteiger partial charge >= 0.3 is 0 Å². The highest BCUT2D eigenvalue weighted by atomic mass is 32.1. The second kappa shape index (κ2) is 4.05. The van der Waals surface area contributed by atoms with Crippen molar-refractivity contribution in [3.63, 3.8) is 0 Å². The van der Waals surface area contributed by atoms with Gasteiger partial charge in [0.15, 0.2) is 5.13 Å². The molecule has 2 aromatic rings. The number of nitrogens with two attached hydrogens (primary N) is 1. The van der Waals surface area contributed by atoms with E-state index >= 15 is 0 Å². The first-order valence-corrected chi connectivity index (χ1v) is 5.00. The molecule has 15 heavy (non-hydrogen) atoms. The molecule has 76 valence electrons. The topological polar surface area (TPSA) is 80.9 Å². The molecule has 0 saturated carbocycles. The minimum Gasteiger partial charge on any atom is -0.389 e. The van der Waals surface area contributed by atoms with E-state index in [1.54, 1.807) is 24.5 Å². The number of hydrogen-bond donors (Lipinski definition) is 2. The van der Waals surface area contributed by atoms with Crippen LogP contribution in [0.1, 0.15) is 10.4 Å². The minimum absolute atomic E-state index is 0.216. The number of nitrogens with zero attached hydrogens (tertiary/aromatic N) is 2. The second-order valence-electron chi connectivity index (χ2n) is 2.76. The number of aromatic nitrogens is 2. The zero-order valence-electron chi connectivity index (χ0n) is 7.68. The summed E-state index contributed by atoms with van der Waals surface area (Å²) in [5.74, 6) is -0.216. The molecule has 0 bridgehead atoms. The number of anilines is 2. The van der Waals surface area contributed by atoms with E-state index in [1.807, 2.05) is 0 Å². The zero-order chi connectivity index (χ0) is 10.7. The lowest BCUT2D eigenvalue weighted by atomic mass is 10.2. The van der Waals surface area contributed by atoms with Gasteiger partial charge in [-0.3, -0.25) is 15.1 Å². The van der Waals surface area contributed by atoms with Crippen molar-refractivity contribution >= 4 is 27.4 Å². The number of nitrogen functional groups attached to an aromatic ring is 1. The summed E-state index contributed by atoms with van der Waals surface area (Å²) in [6.45, 7) is 0. The number of rotatable bonds is 2. The van der Waals surface area contributed by atoms with Crippen molar-refractivity contribution in [2.75, 3.05) is 11.1 Å². The molecule has 0 aliphatic heterocycles. The van der Waals surface area contributed by atoms with E-state index in [0.29, 0.717) is 15.7 Å². The van der Waals surface area contributed by atoms with Crippen LogP contribution >= 0.6 is 11.3 Å². The molecule has 0 aliphatic carbocycles. The monoisotopic (exact) mass is 220 g/mol. The lowest BCUT2D eigenvalue weighted by Crippen LogP contribution is -2.11. The molecule has 0 aliphatic rings. The molecular formula is C9H8N4OS. The number of pyridine rings is 1. The Bertz CT molecular complexity index is 468. The van der Waals surface area contributed by atoms with Crippen LogP contribution in [0.5, 0.6) is 0 Å². The van der Waals surface area contributed by atoms with Crippen molar-refractivity contribution in [3.05, 3.63) is 36.3 Å². The summed E-state index contributed by atoms with van der Waals surface area (Å²) in [7, 11) is 0. The van der Waals surface area contributed by atoms with Crippen molar-refractivity contribution in [1.82, 2.24) is 9.97 Å². The van der Waals surface area contributed by atoms with E-state index in [-0.39, 0.29) is 5.91 Å². The van der Waals surface area contributed by atoms with Gasteiger partial charge in [0.25, 0.3) is 5.91 Å². The van der Waals surface area contributed by atoms with Gasteiger partial charge in [0.05, 0.1) is 6.20 Å². The molecule has 0 unspecified atom stereocenters. The molecule has 2 heterocycles. The van der Waals surface area contributed by atoms with Crippen LogP contribution in [0.2, 0.25) is 0 Å². The number of hydrogen-bond acceptors (Lipinski definition) is 5. The van der Waals surface area contributed by atoms with E-state index in [9.17, 15) is 4.79 Å². The summed E-state index contributed by atoms with van der Waals surface area (Å²) in [5, 5.41) is 3.70. The van der Waals surface area contributed by atoms with Crippen LogP contribution in [0.4, 0.5) is 10.1 Å². The van der Waals surface area contributed by atoms with Crippen LogP contribution in [0, 0.1) is 0 Å². The first-order valence-electron chi connectivity index (χ1n) is 4.18. The summed E-state index contributed by atoms with van der Waals surface area (Å²) < 4.78 is 0.